The van der Waals surface area contributed by atoms with Crippen LogP contribution in [0.2, 0.25) is 5.02 Å². The minimum atomic E-state index is -0.0307. The van der Waals surface area contributed by atoms with Crippen LogP contribution in [0.3, 0.4) is 0 Å². The van der Waals surface area contributed by atoms with Crippen LogP contribution in [0.15, 0.2) is 53.1 Å². The van der Waals surface area contributed by atoms with Crippen molar-refractivity contribution >= 4 is 17.5 Å². The lowest BCUT2D eigenvalue weighted by molar-refractivity contribution is -0.127. The minimum Gasteiger partial charge on any atom is -0.352 e. The summed E-state index contributed by atoms with van der Waals surface area (Å²) in [5, 5.41) is 7.90. The van der Waals surface area contributed by atoms with Crippen LogP contribution >= 0.6 is 11.6 Å². The van der Waals surface area contributed by atoms with Crippen LogP contribution in [0.4, 0.5) is 0 Å². The summed E-state index contributed by atoms with van der Waals surface area (Å²) < 4.78 is 5.47. The molecule has 0 saturated carbocycles. The van der Waals surface area contributed by atoms with Gasteiger partial charge in [0.2, 0.25) is 17.6 Å². The highest BCUT2D eigenvalue weighted by Crippen LogP contribution is 2.22. The van der Waals surface area contributed by atoms with Crippen LogP contribution in [-0.2, 0) is 24.4 Å². The molecule has 2 aliphatic heterocycles. The summed E-state index contributed by atoms with van der Waals surface area (Å²) in [5.74, 6) is 1.19. The zero-order valence-corrected chi connectivity index (χ0v) is 20.7. The van der Waals surface area contributed by atoms with Crippen molar-refractivity contribution < 1.29 is 9.32 Å². The summed E-state index contributed by atoms with van der Waals surface area (Å²) in [6.07, 6.45) is 4.49. The fraction of sp³-hybridized carbons (Fsp3) is 0.444. The monoisotopic (exact) mass is 493 g/mol. The molecule has 2 aromatic carbocycles. The van der Waals surface area contributed by atoms with Gasteiger partial charge in [0.1, 0.15) is 0 Å². The molecule has 184 valence electrons. The number of hydrogen-bond donors (Lipinski definition) is 1. The van der Waals surface area contributed by atoms with Gasteiger partial charge < -0.3 is 9.84 Å². The second kappa shape index (κ2) is 11.3. The first-order chi connectivity index (χ1) is 17.1. The number of amides is 1. The first-order valence-electron chi connectivity index (χ1n) is 12.5. The number of carbonyl (C=O) groups is 1. The number of halogens is 1. The predicted octanol–water partition coefficient (Wildman–Crippen LogP) is 4.51. The summed E-state index contributed by atoms with van der Waals surface area (Å²) in [4.78, 5) is 22.1. The van der Waals surface area contributed by atoms with E-state index >= 15 is 0 Å². The Morgan fingerprint density at radius 3 is 2.43 bits per heavy atom. The average molecular weight is 494 g/mol. The molecule has 2 fully saturated rings. The molecule has 0 bridgehead atoms. The van der Waals surface area contributed by atoms with Crippen molar-refractivity contribution in [3.8, 4) is 11.4 Å². The third kappa shape index (κ3) is 6.48. The molecular formula is C27H32ClN5O2. The summed E-state index contributed by atoms with van der Waals surface area (Å²) >= 11 is 5.96. The molecular weight excluding hydrogens is 462 g/mol. The highest BCUT2D eigenvalue weighted by Gasteiger charge is 2.27. The van der Waals surface area contributed by atoms with Crippen LogP contribution in [0.1, 0.15) is 42.7 Å². The maximum absolute atomic E-state index is 12.9. The Morgan fingerprint density at radius 2 is 1.66 bits per heavy atom. The molecule has 1 N–H and O–H groups in total. The van der Waals surface area contributed by atoms with Gasteiger partial charge in [0.05, 0.1) is 12.5 Å². The molecule has 1 aromatic heterocycles. The van der Waals surface area contributed by atoms with Gasteiger partial charge in [-0.05, 0) is 80.7 Å². The Kier molecular flexibility index (Phi) is 7.76. The maximum Gasteiger partial charge on any atom is 0.241 e. The third-order valence-electron chi connectivity index (χ3n) is 6.90. The first kappa shape index (κ1) is 24.0. The van der Waals surface area contributed by atoms with Gasteiger partial charge in [0, 0.05) is 30.2 Å². The zero-order chi connectivity index (χ0) is 24.0. The van der Waals surface area contributed by atoms with Crippen LogP contribution in [0.25, 0.3) is 11.4 Å². The Morgan fingerprint density at radius 1 is 0.943 bits per heavy atom. The molecule has 7 nitrogen and oxygen atoms in total. The quantitative estimate of drug-likeness (QED) is 0.497. The lowest BCUT2D eigenvalue weighted by atomic mass is 9.97. The SMILES string of the molecule is O=C(NCc1ccc(CN2CCCC2)cc1)C1CCCN(Cc2nc(-c3ccc(Cl)cc3)no2)C1. The van der Waals surface area contributed by atoms with Gasteiger partial charge in [-0.2, -0.15) is 4.98 Å². The summed E-state index contributed by atoms with van der Waals surface area (Å²) in [6, 6.07) is 16.0. The van der Waals surface area contributed by atoms with Crippen LogP contribution < -0.4 is 5.32 Å². The Balaban J connectivity index is 1.09. The second-order valence-corrected chi connectivity index (χ2v) is 10.0. The van der Waals surface area contributed by atoms with Crippen LogP contribution in [-0.4, -0.2) is 52.0 Å². The fourth-order valence-electron chi connectivity index (χ4n) is 4.93. The van der Waals surface area contributed by atoms with Gasteiger partial charge in [0.25, 0.3) is 0 Å². The molecule has 5 rings (SSSR count). The molecule has 8 heteroatoms. The van der Waals surface area contributed by atoms with Gasteiger partial charge in [-0.1, -0.05) is 41.0 Å². The third-order valence-corrected chi connectivity index (χ3v) is 7.15. The molecule has 0 aliphatic carbocycles. The molecule has 1 unspecified atom stereocenters. The highest BCUT2D eigenvalue weighted by molar-refractivity contribution is 6.30. The van der Waals surface area contributed by atoms with E-state index in [1.54, 1.807) is 0 Å². The van der Waals surface area contributed by atoms with E-state index in [4.69, 9.17) is 16.1 Å². The average Bonchev–Trinajstić information content (AvgIpc) is 3.56. The van der Waals surface area contributed by atoms with Crippen molar-refractivity contribution in [2.45, 2.75) is 45.3 Å². The maximum atomic E-state index is 12.9. The number of rotatable bonds is 8. The lowest BCUT2D eigenvalue weighted by Gasteiger charge is -2.30. The lowest BCUT2D eigenvalue weighted by Crippen LogP contribution is -2.42. The molecule has 3 heterocycles. The van der Waals surface area contributed by atoms with E-state index in [1.807, 2.05) is 24.3 Å². The van der Waals surface area contributed by atoms with Crippen molar-refractivity contribution in [1.82, 2.24) is 25.3 Å². The molecule has 35 heavy (non-hydrogen) atoms. The van der Waals surface area contributed by atoms with Crippen molar-refractivity contribution in [2.75, 3.05) is 26.2 Å². The smallest absolute Gasteiger partial charge is 0.241 e. The fourth-order valence-corrected chi connectivity index (χ4v) is 5.06. The molecule has 2 saturated heterocycles. The molecule has 3 aromatic rings. The van der Waals surface area contributed by atoms with Crippen LogP contribution in [0, 0.1) is 5.92 Å². The van der Waals surface area contributed by atoms with Crippen molar-refractivity contribution in [2.24, 2.45) is 5.92 Å². The summed E-state index contributed by atoms with van der Waals surface area (Å²) in [7, 11) is 0. The number of hydrogen-bond acceptors (Lipinski definition) is 6. The van der Waals surface area contributed by atoms with Crippen molar-refractivity contribution in [3.63, 3.8) is 0 Å². The van der Waals surface area contributed by atoms with E-state index in [-0.39, 0.29) is 11.8 Å². The predicted molar refractivity (Wildman–Crippen MR) is 136 cm³/mol. The highest BCUT2D eigenvalue weighted by atomic mass is 35.5. The van der Waals surface area contributed by atoms with Gasteiger partial charge in [-0.3, -0.25) is 14.6 Å². The van der Waals surface area contributed by atoms with E-state index in [9.17, 15) is 4.79 Å². The molecule has 0 spiro atoms. The van der Waals surface area contributed by atoms with E-state index in [2.05, 4.69) is 49.5 Å². The summed E-state index contributed by atoms with van der Waals surface area (Å²) in [5.41, 5.74) is 3.34. The van der Waals surface area contributed by atoms with Gasteiger partial charge in [0.15, 0.2) is 0 Å². The second-order valence-electron chi connectivity index (χ2n) is 9.61. The van der Waals surface area contributed by atoms with E-state index < -0.39 is 0 Å². The number of piperidine rings is 1. The number of aromatic nitrogens is 2. The standard InChI is InChI=1S/C27H32ClN5O2/c28-24-11-9-22(10-12-24)26-30-25(35-31-26)19-33-15-3-4-23(18-33)27(34)29-16-20-5-7-21(8-6-20)17-32-13-1-2-14-32/h5-12,23H,1-4,13-19H2,(H,29,34). The van der Waals surface area contributed by atoms with Gasteiger partial charge in [-0.25, -0.2) is 0 Å². The van der Waals surface area contributed by atoms with Gasteiger partial charge in [-0.15, -0.1) is 0 Å². The van der Waals surface area contributed by atoms with Crippen molar-refractivity contribution in [3.05, 3.63) is 70.6 Å². The summed E-state index contributed by atoms with van der Waals surface area (Å²) in [6.45, 7) is 6.14. The van der Waals surface area contributed by atoms with Gasteiger partial charge >= 0.3 is 0 Å². The zero-order valence-electron chi connectivity index (χ0n) is 20.0. The Hall–Kier alpha value is -2.74. The van der Waals surface area contributed by atoms with E-state index in [0.29, 0.717) is 36.4 Å². The van der Waals surface area contributed by atoms with Crippen molar-refractivity contribution in [1.29, 1.82) is 0 Å². The van der Waals surface area contributed by atoms with E-state index in [0.717, 1.165) is 37.1 Å². The molecule has 0 radical (unpaired) electrons. The molecule has 2 aliphatic rings. The Bertz CT molecular complexity index is 1110. The Labute approximate surface area is 211 Å². The number of likely N-dealkylation sites (tertiary alicyclic amines) is 2. The number of benzene rings is 2. The normalized spacial score (nSPS) is 19.2. The number of carbonyl (C=O) groups excluding carboxylic acids is 1. The molecule has 1 atom stereocenters. The van der Waals surface area contributed by atoms with E-state index in [1.165, 1.54) is 31.5 Å². The first-order valence-corrected chi connectivity index (χ1v) is 12.9. The number of nitrogens with one attached hydrogen (secondary N) is 1. The largest absolute Gasteiger partial charge is 0.352 e. The molecule has 1 amide bonds. The van der Waals surface area contributed by atoms with Crippen LogP contribution in [0.5, 0.6) is 0 Å². The topological polar surface area (TPSA) is 74.5 Å². The minimum absolute atomic E-state index is 0.0307. The number of nitrogens with zero attached hydrogens (tertiary/aromatic N) is 4.